The maximum atomic E-state index is 10.2. The first kappa shape index (κ1) is 19.7. The van der Waals surface area contributed by atoms with Crippen molar-refractivity contribution < 1.29 is 19.7 Å². The van der Waals surface area contributed by atoms with Crippen molar-refractivity contribution in [1.29, 1.82) is 0 Å². The number of nitrogens with zero attached hydrogens (tertiary/aromatic N) is 1. The summed E-state index contributed by atoms with van der Waals surface area (Å²) in [6.45, 7) is 7.55. The molecule has 1 aromatic rings. The summed E-state index contributed by atoms with van der Waals surface area (Å²) in [5, 5.41) is 23.0. The third kappa shape index (κ3) is 6.66. The van der Waals surface area contributed by atoms with E-state index in [0.717, 1.165) is 44.6 Å². The van der Waals surface area contributed by atoms with Gasteiger partial charge in [-0.1, -0.05) is 12.1 Å². The fourth-order valence-electron chi connectivity index (χ4n) is 2.90. The average molecular weight is 350 g/mol. The van der Waals surface area contributed by atoms with Crippen LogP contribution in [-0.4, -0.2) is 67.2 Å². The first-order chi connectivity index (χ1) is 12.1. The summed E-state index contributed by atoms with van der Waals surface area (Å²) in [7, 11) is 1.61. The molecule has 2 rings (SSSR count). The molecular weight excluding hydrogens is 320 g/mol. The maximum absolute atomic E-state index is 10.2. The Morgan fingerprint density at radius 3 is 2.80 bits per heavy atom. The summed E-state index contributed by atoms with van der Waals surface area (Å²) in [6.07, 6.45) is 2.58. The molecule has 140 valence electrons. The number of piperidine rings is 1. The van der Waals surface area contributed by atoms with Crippen molar-refractivity contribution in [1.82, 2.24) is 10.2 Å². The molecule has 6 nitrogen and oxygen atoms in total. The van der Waals surface area contributed by atoms with Crippen LogP contribution in [0, 0.1) is 0 Å². The van der Waals surface area contributed by atoms with E-state index in [4.69, 9.17) is 9.47 Å². The molecule has 0 aromatic heterocycles. The van der Waals surface area contributed by atoms with Gasteiger partial charge in [-0.15, -0.1) is 6.58 Å². The molecule has 25 heavy (non-hydrogen) atoms. The first-order valence-corrected chi connectivity index (χ1v) is 8.82. The van der Waals surface area contributed by atoms with E-state index in [1.807, 2.05) is 24.3 Å². The lowest BCUT2D eigenvalue weighted by atomic mass is 10.1. The zero-order valence-electron chi connectivity index (χ0n) is 15.0. The van der Waals surface area contributed by atoms with Gasteiger partial charge >= 0.3 is 0 Å². The number of rotatable bonds is 10. The van der Waals surface area contributed by atoms with Crippen molar-refractivity contribution in [2.75, 3.05) is 39.9 Å². The number of methoxy groups -OCH3 is 1. The molecule has 1 heterocycles. The van der Waals surface area contributed by atoms with Crippen molar-refractivity contribution in [3.8, 4) is 11.5 Å². The Morgan fingerprint density at radius 1 is 1.36 bits per heavy atom. The van der Waals surface area contributed by atoms with Gasteiger partial charge in [0.25, 0.3) is 0 Å². The fraction of sp³-hybridized carbons (Fsp3) is 0.579. The van der Waals surface area contributed by atoms with Crippen LogP contribution in [0.25, 0.3) is 0 Å². The van der Waals surface area contributed by atoms with Crippen molar-refractivity contribution in [2.45, 2.75) is 31.6 Å². The predicted octanol–water partition coefficient (Wildman–Crippen LogP) is 1.17. The third-order valence-electron chi connectivity index (χ3n) is 4.30. The van der Waals surface area contributed by atoms with Gasteiger partial charge in [0.15, 0.2) is 11.5 Å². The number of hydrogen-bond donors (Lipinski definition) is 3. The van der Waals surface area contributed by atoms with Crippen LogP contribution in [-0.2, 0) is 6.54 Å². The van der Waals surface area contributed by atoms with E-state index in [2.05, 4.69) is 16.8 Å². The first-order valence-electron chi connectivity index (χ1n) is 8.82. The van der Waals surface area contributed by atoms with Crippen LogP contribution in [0.15, 0.2) is 30.9 Å². The smallest absolute Gasteiger partial charge is 0.161 e. The van der Waals surface area contributed by atoms with Gasteiger partial charge in [-0.05, 0) is 30.5 Å². The van der Waals surface area contributed by atoms with Gasteiger partial charge in [0.05, 0.1) is 13.2 Å². The van der Waals surface area contributed by atoms with E-state index >= 15 is 0 Å². The lowest BCUT2D eigenvalue weighted by molar-refractivity contribution is 0.0333. The highest BCUT2D eigenvalue weighted by Gasteiger charge is 2.19. The quantitative estimate of drug-likeness (QED) is 0.434. The van der Waals surface area contributed by atoms with Crippen LogP contribution < -0.4 is 14.8 Å². The largest absolute Gasteiger partial charge is 0.493 e. The summed E-state index contributed by atoms with van der Waals surface area (Å²) < 4.78 is 11.1. The van der Waals surface area contributed by atoms with E-state index in [0.29, 0.717) is 18.0 Å². The zero-order valence-corrected chi connectivity index (χ0v) is 15.0. The highest BCUT2D eigenvalue weighted by molar-refractivity contribution is 5.43. The minimum Gasteiger partial charge on any atom is -0.493 e. The molecule has 1 aliphatic heterocycles. The van der Waals surface area contributed by atoms with E-state index < -0.39 is 6.10 Å². The van der Waals surface area contributed by atoms with Crippen LogP contribution in [0.2, 0.25) is 0 Å². The standard InChI is InChI=1S/C19H30N2O4/c1-3-8-20-12-15-4-5-18(19(11-15)24-2)25-14-17(23)13-21-9-6-16(22)7-10-21/h3-5,11,16-17,20,22-23H,1,6-10,12-14H2,2H3. The molecule has 1 atom stereocenters. The number of ether oxygens (including phenoxy) is 2. The lowest BCUT2D eigenvalue weighted by Crippen LogP contribution is -2.41. The monoisotopic (exact) mass is 350 g/mol. The Labute approximate surface area is 150 Å². The molecule has 1 fully saturated rings. The summed E-state index contributed by atoms with van der Waals surface area (Å²) in [5.41, 5.74) is 1.10. The molecular formula is C19H30N2O4. The minimum atomic E-state index is -0.575. The topological polar surface area (TPSA) is 74.2 Å². The third-order valence-corrected chi connectivity index (χ3v) is 4.30. The summed E-state index contributed by atoms with van der Waals surface area (Å²) in [4.78, 5) is 2.16. The van der Waals surface area contributed by atoms with Gasteiger partial charge in [-0.3, -0.25) is 0 Å². The summed E-state index contributed by atoms with van der Waals surface area (Å²) in [6, 6.07) is 5.78. The fourth-order valence-corrected chi connectivity index (χ4v) is 2.90. The molecule has 0 aliphatic carbocycles. The van der Waals surface area contributed by atoms with Crippen LogP contribution in [0.1, 0.15) is 18.4 Å². The van der Waals surface area contributed by atoms with Crippen molar-refractivity contribution in [2.24, 2.45) is 0 Å². The minimum absolute atomic E-state index is 0.201. The van der Waals surface area contributed by atoms with E-state index in [9.17, 15) is 10.2 Å². The van der Waals surface area contributed by atoms with Crippen LogP contribution in [0.5, 0.6) is 11.5 Å². The molecule has 1 unspecified atom stereocenters. The summed E-state index contributed by atoms with van der Waals surface area (Å²) >= 11 is 0. The van der Waals surface area contributed by atoms with Crippen molar-refractivity contribution >= 4 is 0 Å². The second-order valence-corrected chi connectivity index (χ2v) is 6.40. The van der Waals surface area contributed by atoms with E-state index in [1.165, 1.54) is 0 Å². The molecule has 6 heteroatoms. The van der Waals surface area contributed by atoms with E-state index in [-0.39, 0.29) is 12.7 Å². The molecule has 1 saturated heterocycles. The predicted molar refractivity (Wildman–Crippen MR) is 98.1 cm³/mol. The maximum Gasteiger partial charge on any atom is 0.161 e. The molecule has 0 saturated carbocycles. The highest BCUT2D eigenvalue weighted by Crippen LogP contribution is 2.28. The summed E-state index contributed by atoms with van der Waals surface area (Å²) in [5.74, 6) is 1.29. The number of nitrogens with one attached hydrogen (secondary N) is 1. The Bertz CT molecular complexity index is 530. The number of aliphatic hydroxyl groups is 2. The zero-order chi connectivity index (χ0) is 18.1. The molecule has 1 aliphatic rings. The van der Waals surface area contributed by atoms with Gasteiger partial charge in [0, 0.05) is 32.7 Å². The SMILES string of the molecule is C=CCNCc1ccc(OCC(O)CN2CCC(O)CC2)c(OC)c1. The highest BCUT2D eigenvalue weighted by atomic mass is 16.5. The number of aliphatic hydroxyl groups excluding tert-OH is 2. The Hall–Kier alpha value is -1.60. The molecule has 1 aromatic carbocycles. The number of β-amino-alcohol motifs (C(OH)–C–C–N with tert-alkyl or cyclic N) is 1. The Morgan fingerprint density at radius 2 is 2.12 bits per heavy atom. The second-order valence-electron chi connectivity index (χ2n) is 6.40. The van der Waals surface area contributed by atoms with Crippen LogP contribution in [0.3, 0.4) is 0 Å². The normalized spacial score (nSPS) is 17.2. The molecule has 3 N–H and O–H groups in total. The number of likely N-dealkylation sites (tertiary alicyclic amines) is 1. The van der Waals surface area contributed by atoms with Gasteiger partial charge in [-0.25, -0.2) is 0 Å². The number of hydrogen-bond acceptors (Lipinski definition) is 6. The van der Waals surface area contributed by atoms with Gasteiger partial charge in [0.1, 0.15) is 12.7 Å². The van der Waals surface area contributed by atoms with Gasteiger partial charge < -0.3 is 29.9 Å². The lowest BCUT2D eigenvalue weighted by Gasteiger charge is -2.30. The van der Waals surface area contributed by atoms with Gasteiger partial charge in [0.2, 0.25) is 0 Å². The Kier molecular flexibility index (Phi) is 8.21. The average Bonchev–Trinajstić information content (AvgIpc) is 2.62. The molecule has 0 bridgehead atoms. The molecule has 0 radical (unpaired) electrons. The Balaban J connectivity index is 1.81. The molecule has 0 amide bonds. The van der Waals surface area contributed by atoms with Crippen LogP contribution in [0.4, 0.5) is 0 Å². The van der Waals surface area contributed by atoms with Gasteiger partial charge in [-0.2, -0.15) is 0 Å². The van der Waals surface area contributed by atoms with E-state index in [1.54, 1.807) is 7.11 Å². The van der Waals surface area contributed by atoms with Crippen molar-refractivity contribution in [3.63, 3.8) is 0 Å². The van der Waals surface area contributed by atoms with Crippen molar-refractivity contribution in [3.05, 3.63) is 36.4 Å². The van der Waals surface area contributed by atoms with Crippen LogP contribution >= 0.6 is 0 Å². The number of benzene rings is 1. The second kappa shape index (κ2) is 10.4. The molecule has 0 spiro atoms.